The minimum Gasteiger partial charge on any atom is -0.309 e. The van der Waals surface area contributed by atoms with Gasteiger partial charge in [-0.3, -0.25) is 0 Å². The first-order chi connectivity index (χ1) is 30.8. The van der Waals surface area contributed by atoms with Crippen LogP contribution in [0.2, 0.25) is 0 Å². The summed E-state index contributed by atoms with van der Waals surface area (Å²) in [7, 11) is 0. The average Bonchev–Trinajstić information content (AvgIpc) is 3.87. The molecule has 0 amide bonds. The Hall–Kier alpha value is -8.41. The van der Waals surface area contributed by atoms with Crippen LogP contribution in [0.4, 0.5) is 0 Å². The van der Waals surface area contributed by atoms with Crippen LogP contribution in [0.5, 0.6) is 0 Å². The standard InChI is InChI=1S/C57H37N5/c1-5-18-38(19-6-1)55-58-56(39-20-7-2-8-21-39)60-57(59-55)46-34-32-40(41-33-35-52-49(37-41)44-26-13-15-29-50(44)61(52)42-22-9-3-10-23-42)36-48(46)45-28-17-31-53-54(45)47-27-14-16-30-51(47)62(53)43-24-11-4-12-25-43/h1-37H. The van der Waals surface area contributed by atoms with Crippen molar-refractivity contribution in [3.8, 4) is 67.8 Å². The number of aromatic nitrogens is 5. The van der Waals surface area contributed by atoms with E-state index in [0.717, 1.165) is 61.4 Å². The smallest absolute Gasteiger partial charge is 0.164 e. The van der Waals surface area contributed by atoms with Crippen LogP contribution in [0.3, 0.4) is 0 Å². The molecule has 0 atom stereocenters. The van der Waals surface area contributed by atoms with Crippen molar-refractivity contribution in [3.05, 3.63) is 224 Å². The lowest BCUT2D eigenvalue weighted by Gasteiger charge is -2.15. The minimum absolute atomic E-state index is 0.615. The summed E-state index contributed by atoms with van der Waals surface area (Å²) in [6.45, 7) is 0. The average molecular weight is 792 g/mol. The Kier molecular flexibility index (Phi) is 8.42. The van der Waals surface area contributed by atoms with Crippen LogP contribution in [-0.4, -0.2) is 24.1 Å². The lowest BCUT2D eigenvalue weighted by Crippen LogP contribution is -2.01. The highest BCUT2D eigenvalue weighted by Crippen LogP contribution is 2.44. The number of rotatable bonds is 7. The van der Waals surface area contributed by atoms with Gasteiger partial charge >= 0.3 is 0 Å². The normalized spacial score (nSPS) is 11.5. The van der Waals surface area contributed by atoms with E-state index in [1.54, 1.807) is 0 Å². The Morgan fingerprint density at radius 3 is 1.37 bits per heavy atom. The number of nitrogens with zero attached hydrogens (tertiary/aromatic N) is 5. The van der Waals surface area contributed by atoms with Gasteiger partial charge in [-0.05, 0) is 89.0 Å². The molecule has 62 heavy (non-hydrogen) atoms. The third-order valence-electron chi connectivity index (χ3n) is 12.0. The van der Waals surface area contributed by atoms with Crippen LogP contribution in [0.15, 0.2) is 224 Å². The topological polar surface area (TPSA) is 48.5 Å². The molecule has 290 valence electrons. The van der Waals surface area contributed by atoms with Gasteiger partial charge in [-0.15, -0.1) is 0 Å². The van der Waals surface area contributed by atoms with Gasteiger partial charge in [-0.2, -0.15) is 0 Å². The molecule has 3 aromatic heterocycles. The zero-order chi connectivity index (χ0) is 41.0. The largest absolute Gasteiger partial charge is 0.309 e. The summed E-state index contributed by atoms with van der Waals surface area (Å²) in [5, 5.41) is 4.78. The van der Waals surface area contributed by atoms with Gasteiger partial charge in [0.25, 0.3) is 0 Å². The van der Waals surface area contributed by atoms with E-state index in [9.17, 15) is 0 Å². The predicted octanol–water partition coefficient (Wildman–Crippen LogP) is 14.4. The summed E-state index contributed by atoms with van der Waals surface area (Å²) in [5.74, 6) is 1.87. The van der Waals surface area contributed by atoms with Crippen molar-refractivity contribution >= 4 is 43.6 Å². The van der Waals surface area contributed by atoms with Gasteiger partial charge in [0, 0.05) is 49.6 Å². The SMILES string of the molecule is c1ccc(-c2nc(-c3ccccc3)nc(-c3ccc(-c4ccc5c(c4)c4ccccc4n5-c4ccccc4)cc3-c3cccc4c3c3ccccc3n4-c3ccccc3)n2)cc1. The van der Waals surface area contributed by atoms with Crippen LogP contribution in [0.1, 0.15) is 0 Å². The molecular weight excluding hydrogens is 755 g/mol. The van der Waals surface area contributed by atoms with E-state index in [1.165, 1.54) is 32.6 Å². The highest BCUT2D eigenvalue weighted by Gasteiger charge is 2.22. The molecule has 0 aliphatic carbocycles. The Morgan fingerprint density at radius 1 is 0.258 bits per heavy atom. The molecule has 0 fully saturated rings. The summed E-state index contributed by atoms with van der Waals surface area (Å²) >= 11 is 0. The molecule has 0 saturated carbocycles. The lowest BCUT2D eigenvalue weighted by molar-refractivity contribution is 1.07. The molecule has 0 N–H and O–H groups in total. The number of hydrogen-bond donors (Lipinski definition) is 0. The van der Waals surface area contributed by atoms with Gasteiger partial charge in [0.05, 0.1) is 22.1 Å². The van der Waals surface area contributed by atoms with E-state index in [0.29, 0.717) is 17.5 Å². The fourth-order valence-electron chi connectivity index (χ4n) is 9.18. The van der Waals surface area contributed by atoms with Crippen molar-refractivity contribution in [2.24, 2.45) is 0 Å². The quantitative estimate of drug-likeness (QED) is 0.162. The van der Waals surface area contributed by atoms with Crippen LogP contribution >= 0.6 is 0 Å². The number of hydrogen-bond acceptors (Lipinski definition) is 3. The summed E-state index contributed by atoms with van der Waals surface area (Å²) in [5.41, 5.74) is 14.1. The predicted molar refractivity (Wildman–Crippen MR) is 256 cm³/mol. The second-order valence-electron chi connectivity index (χ2n) is 15.6. The second-order valence-corrected chi connectivity index (χ2v) is 15.6. The molecule has 5 heteroatoms. The second kappa shape index (κ2) is 14.7. The van der Waals surface area contributed by atoms with Gasteiger partial charge in [0.2, 0.25) is 0 Å². The molecular formula is C57H37N5. The number of fused-ring (bicyclic) bond motifs is 6. The third-order valence-corrected chi connectivity index (χ3v) is 12.0. The molecule has 0 aliphatic heterocycles. The molecule has 12 aromatic rings. The Bertz CT molecular complexity index is 3550. The van der Waals surface area contributed by atoms with Crippen LogP contribution in [0, 0.1) is 0 Å². The maximum atomic E-state index is 5.26. The van der Waals surface area contributed by atoms with Gasteiger partial charge in [-0.25, -0.2) is 15.0 Å². The van der Waals surface area contributed by atoms with Crippen molar-refractivity contribution in [1.82, 2.24) is 24.1 Å². The van der Waals surface area contributed by atoms with E-state index in [2.05, 4.69) is 197 Å². The first-order valence-corrected chi connectivity index (χ1v) is 21.0. The van der Waals surface area contributed by atoms with Crippen molar-refractivity contribution in [3.63, 3.8) is 0 Å². The maximum Gasteiger partial charge on any atom is 0.164 e. The molecule has 12 rings (SSSR count). The summed E-state index contributed by atoms with van der Waals surface area (Å²) in [6.07, 6.45) is 0. The molecule has 0 spiro atoms. The molecule has 0 radical (unpaired) electrons. The van der Waals surface area contributed by atoms with Gasteiger partial charge < -0.3 is 9.13 Å². The zero-order valence-corrected chi connectivity index (χ0v) is 33.6. The summed E-state index contributed by atoms with van der Waals surface area (Å²) in [6, 6.07) is 79.3. The van der Waals surface area contributed by atoms with Crippen LogP contribution in [0.25, 0.3) is 111 Å². The van der Waals surface area contributed by atoms with Gasteiger partial charge in [0.1, 0.15) is 0 Å². The van der Waals surface area contributed by atoms with Gasteiger partial charge in [-0.1, -0.05) is 158 Å². The Morgan fingerprint density at radius 2 is 0.726 bits per heavy atom. The van der Waals surface area contributed by atoms with Crippen molar-refractivity contribution in [2.45, 2.75) is 0 Å². The van der Waals surface area contributed by atoms with Crippen molar-refractivity contribution in [1.29, 1.82) is 0 Å². The van der Waals surface area contributed by atoms with Crippen LogP contribution in [-0.2, 0) is 0 Å². The summed E-state index contributed by atoms with van der Waals surface area (Å²) in [4.78, 5) is 15.6. The summed E-state index contributed by atoms with van der Waals surface area (Å²) < 4.78 is 4.74. The zero-order valence-electron chi connectivity index (χ0n) is 33.6. The Labute approximate surface area is 358 Å². The molecule has 0 aliphatic rings. The maximum absolute atomic E-state index is 5.26. The number of benzene rings is 9. The molecule has 9 aromatic carbocycles. The third kappa shape index (κ3) is 5.90. The first kappa shape index (κ1) is 35.5. The Balaban J connectivity index is 1.14. The van der Waals surface area contributed by atoms with Crippen LogP contribution < -0.4 is 0 Å². The van der Waals surface area contributed by atoms with E-state index < -0.39 is 0 Å². The molecule has 5 nitrogen and oxygen atoms in total. The monoisotopic (exact) mass is 791 g/mol. The molecule has 0 unspecified atom stereocenters. The molecule has 3 heterocycles. The first-order valence-electron chi connectivity index (χ1n) is 21.0. The lowest BCUT2D eigenvalue weighted by atomic mass is 9.91. The fraction of sp³-hybridized carbons (Fsp3) is 0. The minimum atomic E-state index is 0.615. The van der Waals surface area contributed by atoms with E-state index >= 15 is 0 Å². The van der Waals surface area contributed by atoms with Gasteiger partial charge in [0.15, 0.2) is 17.5 Å². The van der Waals surface area contributed by atoms with E-state index in [4.69, 9.17) is 15.0 Å². The highest BCUT2D eigenvalue weighted by atomic mass is 15.0. The van der Waals surface area contributed by atoms with Crippen molar-refractivity contribution < 1.29 is 0 Å². The van der Waals surface area contributed by atoms with E-state index in [-0.39, 0.29) is 0 Å². The molecule has 0 bridgehead atoms. The van der Waals surface area contributed by atoms with Crippen molar-refractivity contribution in [2.75, 3.05) is 0 Å². The number of para-hydroxylation sites is 4. The molecule has 0 saturated heterocycles. The highest BCUT2D eigenvalue weighted by molar-refractivity contribution is 6.17. The van der Waals surface area contributed by atoms with E-state index in [1.807, 2.05) is 36.4 Å². The fourth-order valence-corrected chi connectivity index (χ4v) is 9.18.